The van der Waals surface area contributed by atoms with Crippen molar-refractivity contribution in [2.45, 2.75) is 12.5 Å². The first-order valence-electron chi connectivity index (χ1n) is 5.64. The van der Waals surface area contributed by atoms with Gasteiger partial charge < -0.3 is 10.0 Å². The van der Waals surface area contributed by atoms with Crippen LogP contribution in [0, 0.1) is 0 Å². The van der Waals surface area contributed by atoms with E-state index in [4.69, 9.17) is 0 Å². The van der Waals surface area contributed by atoms with Gasteiger partial charge in [-0.15, -0.1) is 11.3 Å². The lowest BCUT2D eigenvalue weighted by Gasteiger charge is -2.32. The van der Waals surface area contributed by atoms with Gasteiger partial charge in [-0.25, -0.2) is 4.79 Å². The van der Waals surface area contributed by atoms with Crippen LogP contribution >= 0.6 is 11.3 Å². The standard InChI is InChI=1S/C11H10N4O3S/c16-10(7-5-12-14-13-7)15-3-1-8-6(2-4-19-8)9(15)11(17)18/h2,4-5,9H,1,3H2,(H,17,18)(H,12,13,14). The second-order valence-corrected chi connectivity index (χ2v) is 5.14. The van der Waals surface area contributed by atoms with Crippen LogP contribution in [0.25, 0.3) is 0 Å². The van der Waals surface area contributed by atoms with E-state index in [1.54, 1.807) is 6.07 Å². The molecule has 1 unspecified atom stereocenters. The molecular formula is C11H10N4O3S. The number of aromatic amines is 1. The predicted molar refractivity (Wildman–Crippen MR) is 65.8 cm³/mol. The van der Waals surface area contributed by atoms with Crippen LogP contribution < -0.4 is 0 Å². The Morgan fingerprint density at radius 1 is 1.53 bits per heavy atom. The zero-order chi connectivity index (χ0) is 13.4. The monoisotopic (exact) mass is 278 g/mol. The second kappa shape index (κ2) is 4.47. The summed E-state index contributed by atoms with van der Waals surface area (Å²) in [5.41, 5.74) is 0.825. The maximum Gasteiger partial charge on any atom is 0.331 e. The Morgan fingerprint density at radius 3 is 3.05 bits per heavy atom. The minimum Gasteiger partial charge on any atom is -0.479 e. The Labute approximate surface area is 111 Å². The summed E-state index contributed by atoms with van der Waals surface area (Å²) in [5, 5.41) is 20.9. The number of carbonyl (C=O) groups is 2. The molecular weight excluding hydrogens is 268 g/mol. The minimum atomic E-state index is -1.03. The van der Waals surface area contributed by atoms with Crippen molar-refractivity contribution in [2.24, 2.45) is 0 Å². The van der Waals surface area contributed by atoms with Gasteiger partial charge in [0.15, 0.2) is 11.7 Å². The molecule has 0 saturated heterocycles. The molecule has 0 bridgehead atoms. The molecule has 1 aliphatic heterocycles. The number of hydrogen-bond donors (Lipinski definition) is 2. The van der Waals surface area contributed by atoms with E-state index in [9.17, 15) is 14.7 Å². The molecule has 8 heteroatoms. The average molecular weight is 278 g/mol. The number of amides is 1. The van der Waals surface area contributed by atoms with Gasteiger partial charge in [-0.2, -0.15) is 15.4 Å². The number of carbonyl (C=O) groups excluding carboxylic acids is 1. The van der Waals surface area contributed by atoms with E-state index in [1.807, 2.05) is 5.38 Å². The van der Waals surface area contributed by atoms with Crippen LogP contribution in [-0.4, -0.2) is 43.8 Å². The lowest BCUT2D eigenvalue weighted by Crippen LogP contribution is -2.43. The number of carboxylic acids is 1. The molecule has 7 nitrogen and oxygen atoms in total. The Hall–Kier alpha value is -2.22. The molecule has 2 aromatic rings. The van der Waals surface area contributed by atoms with Crippen molar-refractivity contribution in [3.63, 3.8) is 0 Å². The molecule has 0 saturated carbocycles. The van der Waals surface area contributed by atoms with Crippen LogP contribution in [0.3, 0.4) is 0 Å². The lowest BCUT2D eigenvalue weighted by atomic mass is 9.99. The molecule has 0 aliphatic carbocycles. The summed E-state index contributed by atoms with van der Waals surface area (Å²) >= 11 is 1.52. The summed E-state index contributed by atoms with van der Waals surface area (Å²) < 4.78 is 0. The largest absolute Gasteiger partial charge is 0.479 e. The molecule has 2 aromatic heterocycles. The fourth-order valence-electron chi connectivity index (χ4n) is 2.25. The predicted octanol–water partition coefficient (Wildman–Crippen LogP) is 0.690. The van der Waals surface area contributed by atoms with Crippen LogP contribution in [0.1, 0.15) is 27.0 Å². The molecule has 1 aliphatic rings. The Balaban J connectivity index is 1.98. The van der Waals surface area contributed by atoms with E-state index in [-0.39, 0.29) is 5.69 Å². The number of hydrogen-bond acceptors (Lipinski definition) is 5. The number of aliphatic carboxylic acids is 1. The molecule has 0 aromatic carbocycles. The normalized spacial score (nSPS) is 18.1. The molecule has 3 heterocycles. The highest BCUT2D eigenvalue weighted by molar-refractivity contribution is 7.10. The molecule has 0 spiro atoms. The Kier molecular flexibility index (Phi) is 2.79. The van der Waals surface area contributed by atoms with Gasteiger partial charge >= 0.3 is 5.97 Å². The highest BCUT2D eigenvalue weighted by atomic mass is 32.1. The van der Waals surface area contributed by atoms with Gasteiger partial charge in [-0.3, -0.25) is 4.79 Å². The number of aromatic nitrogens is 3. The number of fused-ring (bicyclic) bond motifs is 1. The molecule has 0 fully saturated rings. The van der Waals surface area contributed by atoms with Crippen molar-refractivity contribution >= 4 is 23.2 Å². The van der Waals surface area contributed by atoms with Crippen molar-refractivity contribution in [3.05, 3.63) is 33.8 Å². The first kappa shape index (κ1) is 11.8. The number of carboxylic acid groups (broad SMARTS) is 1. The summed E-state index contributed by atoms with van der Waals surface area (Å²) in [5.74, 6) is -1.45. The van der Waals surface area contributed by atoms with Crippen molar-refractivity contribution in [2.75, 3.05) is 6.54 Å². The summed E-state index contributed by atoms with van der Waals surface area (Å²) in [6.07, 6.45) is 1.96. The van der Waals surface area contributed by atoms with Crippen LogP contribution in [0.5, 0.6) is 0 Å². The van der Waals surface area contributed by atoms with Gasteiger partial charge in [0.25, 0.3) is 5.91 Å². The second-order valence-electron chi connectivity index (χ2n) is 4.14. The van der Waals surface area contributed by atoms with Gasteiger partial charge in [0, 0.05) is 11.4 Å². The Bertz CT molecular complexity index is 622. The highest BCUT2D eigenvalue weighted by Crippen LogP contribution is 2.34. The summed E-state index contributed by atoms with van der Waals surface area (Å²) in [6.45, 7) is 0.371. The molecule has 2 N–H and O–H groups in total. The summed E-state index contributed by atoms with van der Waals surface area (Å²) in [7, 11) is 0. The third kappa shape index (κ3) is 1.89. The maximum atomic E-state index is 12.3. The number of thiophene rings is 1. The molecule has 1 amide bonds. The van der Waals surface area contributed by atoms with E-state index in [2.05, 4.69) is 15.4 Å². The zero-order valence-electron chi connectivity index (χ0n) is 9.74. The number of rotatable bonds is 2. The van der Waals surface area contributed by atoms with Crippen molar-refractivity contribution in [1.29, 1.82) is 0 Å². The van der Waals surface area contributed by atoms with Gasteiger partial charge in [-0.05, 0) is 23.4 Å². The van der Waals surface area contributed by atoms with E-state index < -0.39 is 17.9 Å². The smallest absolute Gasteiger partial charge is 0.331 e. The van der Waals surface area contributed by atoms with Crippen molar-refractivity contribution in [3.8, 4) is 0 Å². The first-order chi connectivity index (χ1) is 9.18. The van der Waals surface area contributed by atoms with Gasteiger partial charge in [0.1, 0.15) is 0 Å². The van der Waals surface area contributed by atoms with Gasteiger partial charge in [0.2, 0.25) is 0 Å². The fourth-order valence-corrected chi connectivity index (χ4v) is 3.16. The van der Waals surface area contributed by atoms with E-state index in [1.165, 1.54) is 22.4 Å². The van der Waals surface area contributed by atoms with Crippen LogP contribution in [-0.2, 0) is 11.2 Å². The third-order valence-electron chi connectivity index (χ3n) is 3.09. The van der Waals surface area contributed by atoms with Crippen molar-refractivity contribution < 1.29 is 14.7 Å². The van der Waals surface area contributed by atoms with E-state index in [0.29, 0.717) is 18.5 Å². The summed E-state index contributed by atoms with van der Waals surface area (Å²) in [6, 6.07) is 0.820. The van der Waals surface area contributed by atoms with Gasteiger partial charge in [0.05, 0.1) is 6.20 Å². The van der Waals surface area contributed by atoms with Gasteiger partial charge in [-0.1, -0.05) is 0 Å². The molecule has 3 rings (SSSR count). The maximum absolute atomic E-state index is 12.3. The highest BCUT2D eigenvalue weighted by Gasteiger charge is 2.37. The fraction of sp³-hybridized carbons (Fsp3) is 0.273. The quantitative estimate of drug-likeness (QED) is 0.842. The van der Waals surface area contributed by atoms with E-state index in [0.717, 1.165) is 4.88 Å². The van der Waals surface area contributed by atoms with Crippen LogP contribution in [0.4, 0.5) is 0 Å². The number of nitrogens with one attached hydrogen (secondary N) is 1. The lowest BCUT2D eigenvalue weighted by molar-refractivity contribution is -0.142. The third-order valence-corrected chi connectivity index (χ3v) is 4.09. The van der Waals surface area contributed by atoms with Crippen LogP contribution in [0.15, 0.2) is 17.6 Å². The molecule has 1 atom stereocenters. The van der Waals surface area contributed by atoms with Crippen LogP contribution in [0.2, 0.25) is 0 Å². The van der Waals surface area contributed by atoms with E-state index >= 15 is 0 Å². The average Bonchev–Trinajstić information content (AvgIpc) is 3.06. The zero-order valence-corrected chi connectivity index (χ0v) is 10.6. The SMILES string of the molecule is O=C(O)C1c2ccsc2CCN1C(=O)c1cn[nH]n1. The first-order valence-corrected chi connectivity index (χ1v) is 6.52. The number of H-pyrrole nitrogens is 1. The number of nitrogens with zero attached hydrogens (tertiary/aromatic N) is 3. The Morgan fingerprint density at radius 2 is 2.37 bits per heavy atom. The molecule has 0 radical (unpaired) electrons. The minimum absolute atomic E-state index is 0.130. The summed E-state index contributed by atoms with van der Waals surface area (Å²) in [4.78, 5) is 26.1. The van der Waals surface area contributed by atoms with Crippen molar-refractivity contribution in [1.82, 2.24) is 20.3 Å². The molecule has 19 heavy (non-hydrogen) atoms. The molecule has 98 valence electrons. The topological polar surface area (TPSA) is 99.2 Å².